The maximum Gasteiger partial charge on any atom is 0.273 e. The maximum atomic E-state index is 12.2. The number of nitrogens with zero attached hydrogens (tertiary/aromatic N) is 4. The molecule has 0 unspecified atom stereocenters. The summed E-state index contributed by atoms with van der Waals surface area (Å²) in [6, 6.07) is 8.69. The molecule has 0 radical (unpaired) electrons. The van der Waals surface area contributed by atoms with E-state index in [2.05, 4.69) is 50.6 Å². The minimum absolute atomic E-state index is 0.0438. The second-order valence-corrected chi connectivity index (χ2v) is 6.88. The molecular weight excluding hydrogens is 314 g/mol. The van der Waals surface area contributed by atoms with E-state index in [4.69, 9.17) is 0 Å². The fourth-order valence-electron chi connectivity index (χ4n) is 3.59. The van der Waals surface area contributed by atoms with Gasteiger partial charge in [-0.1, -0.05) is 12.1 Å². The fourth-order valence-corrected chi connectivity index (χ4v) is 3.59. The number of aromatic nitrogens is 3. The van der Waals surface area contributed by atoms with Gasteiger partial charge in [0.1, 0.15) is 11.5 Å². The van der Waals surface area contributed by atoms with Gasteiger partial charge in [-0.05, 0) is 24.6 Å². The van der Waals surface area contributed by atoms with Gasteiger partial charge in [0, 0.05) is 57.0 Å². The van der Waals surface area contributed by atoms with Crippen LogP contribution in [0.1, 0.15) is 34.8 Å². The first-order valence-electron chi connectivity index (χ1n) is 8.62. The van der Waals surface area contributed by atoms with Crippen molar-refractivity contribution in [1.82, 2.24) is 24.3 Å². The number of hydrogen-bond acceptors (Lipinski definition) is 3. The first-order valence-corrected chi connectivity index (χ1v) is 8.62. The Morgan fingerprint density at radius 2 is 2.16 bits per heavy atom. The van der Waals surface area contributed by atoms with E-state index >= 15 is 0 Å². The lowest BCUT2D eigenvalue weighted by Crippen LogP contribution is -2.36. The number of aromatic amines is 1. The van der Waals surface area contributed by atoms with Gasteiger partial charge in [-0.2, -0.15) is 0 Å². The number of amides is 1. The molecule has 1 amide bonds. The number of imidazole rings is 1. The Labute approximate surface area is 147 Å². The number of rotatable bonds is 3. The molecule has 25 heavy (non-hydrogen) atoms. The Bertz CT molecular complexity index is 923. The molecule has 6 heteroatoms. The van der Waals surface area contributed by atoms with E-state index in [1.165, 1.54) is 16.5 Å². The van der Waals surface area contributed by atoms with Crippen molar-refractivity contribution in [3.63, 3.8) is 0 Å². The van der Waals surface area contributed by atoms with E-state index in [-0.39, 0.29) is 11.9 Å². The largest absolute Gasteiger partial charge is 0.361 e. The molecule has 0 fully saturated rings. The molecule has 1 aliphatic rings. The molecule has 130 valence electrons. The second-order valence-electron chi connectivity index (χ2n) is 6.88. The SMILES string of the molecule is C[C@@H]1c2nc(C(=O)N(C)C)cn2CCN1Cc1cccc2[nH]ccc12. The Morgan fingerprint density at radius 1 is 1.32 bits per heavy atom. The van der Waals surface area contributed by atoms with Crippen molar-refractivity contribution in [2.75, 3.05) is 20.6 Å². The van der Waals surface area contributed by atoms with Gasteiger partial charge in [-0.25, -0.2) is 4.98 Å². The van der Waals surface area contributed by atoms with Crippen LogP contribution < -0.4 is 0 Å². The molecule has 3 heterocycles. The Morgan fingerprint density at radius 3 is 2.96 bits per heavy atom. The van der Waals surface area contributed by atoms with Gasteiger partial charge in [0.25, 0.3) is 5.91 Å². The molecule has 0 bridgehead atoms. The highest BCUT2D eigenvalue weighted by Crippen LogP contribution is 2.28. The first-order chi connectivity index (χ1) is 12.0. The number of carbonyl (C=O) groups excluding carboxylic acids is 1. The van der Waals surface area contributed by atoms with Crippen molar-refractivity contribution in [2.24, 2.45) is 0 Å². The molecule has 2 aromatic heterocycles. The summed E-state index contributed by atoms with van der Waals surface area (Å²) in [4.78, 5) is 24.1. The lowest BCUT2D eigenvalue weighted by Gasteiger charge is -2.33. The summed E-state index contributed by atoms with van der Waals surface area (Å²) in [5, 5.41) is 1.27. The van der Waals surface area contributed by atoms with Crippen molar-refractivity contribution < 1.29 is 4.79 Å². The fraction of sp³-hybridized carbons (Fsp3) is 0.368. The standard InChI is InChI=1S/C19H23N5O/c1-13-18-21-17(19(25)22(2)3)12-24(18)10-9-23(13)11-14-5-4-6-16-15(14)7-8-20-16/h4-8,12-13,20H,9-11H2,1-3H3/t13-/m1/s1. The molecule has 0 saturated heterocycles. The highest BCUT2D eigenvalue weighted by molar-refractivity contribution is 5.91. The van der Waals surface area contributed by atoms with Gasteiger partial charge < -0.3 is 14.5 Å². The summed E-state index contributed by atoms with van der Waals surface area (Å²) in [6.07, 6.45) is 3.87. The lowest BCUT2D eigenvalue weighted by atomic mass is 10.1. The predicted octanol–water partition coefficient (Wildman–Crippen LogP) is 2.64. The molecule has 1 aliphatic heterocycles. The summed E-state index contributed by atoms with van der Waals surface area (Å²) >= 11 is 0. The first kappa shape index (κ1) is 15.9. The lowest BCUT2D eigenvalue weighted by molar-refractivity contribution is 0.0822. The minimum Gasteiger partial charge on any atom is -0.361 e. The van der Waals surface area contributed by atoms with Gasteiger partial charge in [0.05, 0.1) is 6.04 Å². The second kappa shape index (κ2) is 6.04. The van der Waals surface area contributed by atoms with E-state index < -0.39 is 0 Å². The zero-order valence-electron chi connectivity index (χ0n) is 14.9. The van der Waals surface area contributed by atoms with Gasteiger partial charge in [0.15, 0.2) is 0 Å². The zero-order valence-corrected chi connectivity index (χ0v) is 14.9. The zero-order chi connectivity index (χ0) is 17.6. The van der Waals surface area contributed by atoms with Crippen molar-refractivity contribution in [2.45, 2.75) is 26.1 Å². The van der Waals surface area contributed by atoms with Crippen LogP contribution in [0.2, 0.25) is 0 Å². The molecule has 3 aromatic rings. The van der Waals surface area contributed by atoms with Crippen molar-refractivity contribution >= 4 is 16.8 Å². The van der Waals surface area contributed by atoms with Crippen LogP contribution in [0.5, 0.6) is 0 Å². The normalized spacial score (nSPS) is 17.6. The molecule has 1 N–H and O–H groups in total. The number of hydrogen-bond donors (Lipinski definition) is 1. The summed E-state index contributed by atoms with van der Waals surface area (Å²) in [5.41, 5.74) is 3.01. The van der Waals surface area contributed by atoms with Crippen LogP contribution in [0, 0.1) is 0 Å². The highest BCUT2D eigenvalue weighted by Gasteiger charge is 2.28. The molecule has 1 atom stereocenters. The summed E-state index contributed by atoms with van der Waals surface area (Å²) in [6.45, 7) is 4.84. The van der Waals surface area contributed by atoms with E-state index in [0.717, 1.165) is 25.5 Å². The van der Waals surface area contributed by atoms with Crippen molar-refractivity contribution in [3.05, 3.63) is 53.7 Å². The quantitative estimate of drug-likeness (QED) is 0.799. The smallest absolute Gasteiger partial charge is 0.273 e. The van der Waals surface area contributed by atoms with Gasteiger partial charge in [0.2, 0.25) is 0 Å². The van der Waals surface area contributed by atoms with Crippen LogP contribution in [-0.4, -0.2) is 50.9 Å². The van der Waals surface area contributed by atoms with Crippen LogP contribution >= 0.6 is 0 Å². The number of nitrogens with one attached hydrogen (secondary N) is 1. The number of benzene rings is 1. The third-order valence-electron chi connectivity index (χ3n) is 5.04. The van der Waals surface area contributed by atoms with Crippen LogP contribution in [0.25, 0.3) is 10.9 Å². The highest BCUT2D eigenvalue weighted by atomic mass is 16.2. The van der Waals surface area contributed by atoms with E-state index in [0.29, 0.717) is 5.69 Å². The van der Waals surface area contributed by atoms with Gasteiger partial charge in [-0.15, -0.1) is 0 Å². The van der Waals surface area contributed by atoms with Crippen LogP contribution in [0.4, 0.5) is 0 Å². The van der Waals surface area contributed by atoms with Gasteiger partial charge >= 0.3 is 0 Å². The number of fused-ring (bicyclic) bond motifs is 2. The van der Waals surface area contributed by atoms with Crippen LogP contribution in [-0.2, 0) is 13.1 Å². The Kier molecular flexibility index (Phi) is 3.84. The van der Waals surface area contributed by atoms with Crippen LogP contribution in [0.3, 0.4) is 0 Å². The minimum atomic E-state index is -0.0438. The van der Waals surface area contributed by atoms with Crippen molar-refractivity contribution in [1.29, 1.82) is 0 Å². The Balaban J connectivity index is 1.60. The third kappa shape index (κ3) is 2.72. The van der Waals surface area contributed by atoms with E-state index in [9.17, 15) is 4.79 Å². The summed E-state index contributed by atoms with van der Waals surface area (Å²) in [7, 11) is 3.52. The summed E-state index contributed by atoms with van der Waals surface area (Å²) < 4.78 is 2.12. The van der Waals surface area contributed by atoms with Gasteiger partial charge in [-0.3, -0.25) is 9.69 Å². The molecule has 4 rings (SSSR count). The molecule has 1 aromatic carbocycles. The molecule has 0 spiro atoms. The Hall–Kier alpha value is -2.60. The maximum absolute atomic E-state index is 12.2. The average molecular weight is 337 g/mol. The third-order valence-corrected chi connectivity index (χ3v) is 5.04. The monoisotopic (exact) mass is 337 g/mol. The van der Waals surface area contributed by atoms with E-state index in [1.807, 2.05) is 12.4 Å². The molecule has 0 saturated carbocycles. The summed E-state index contributed by atoms with van der Waals surface area (Å²) in [5.74, 6) is 0.926. The molecule has 6 nitrogen and oxygen atoms in total. The predicted molar refractivity (Wildman–Crippen MR) is 97.4 cm³/mol. The molecular formula is C19H23N5O. The topological polar surface area (TPSA) is 57.2 Å². The average Bonchev–Trinajstić information content (AvgIpc) is 3.24. The molecule has 0 aliphatic carbocycles. The number of H-pyrrole nitrogens is 1. The number of carbonyl (C=O) groups is 1. The van der Waals surface area contributed by atoms with E-state index in [1.54, 1.807) is 19.0 Å². The van der Waals surface area contributed by atoms with Crippen LogP contribution in [0.15, 0.2) is 36.7 Å². The van der Waals surface area contributed by atoms with Crippen molar-refractivity contribution in [3.8, 4) is 0 Å².